The molecule has 78 valence electrons. The van der Waals surface area contributed by atoms with Gasteiger partial charge in [0.1, 0.15) is 0 Å². The van der Waals surface area contributed by atoms with Crippen LogP contribution in [0.1, 0.15) is 11.1 Å². The maximum atomic E-state index is 11.1. The van der Waals surface area contributed by atoms with Gasteiger partial charge in [0.2, 0.25) is 5.91 Å². The van der Waals surface area contributed by atoms with Crippen molar-refractivity contribution in [2.75, 3.05) is 11.9 Å². The summed E-state index contributed by atoms with van der Waals surface area (Å²) in [5.41, 5.74) is 3.25. The van der Waals surface area contributed by atoms with Crippen molar-refractivity contribution in [3.05, 3.63) is 42.0 Å². The Morgan fingerprint density at radius 3 is 3.13 bits per heavy atom. The van der Waals surface area contributed by atoms with E-state index in [9.17, 15) is 4.79 Å². The van der Waals surface area contributed by atoms with Gasteiger partial charge in [-0.2, -0.15) is 0 Å². The highest BCUT2D eigenvalue weighted by molar-refractivity contribution is 5.98. The summed E-state index contributed by atoms with van der Waals surface area (Å²) < 4.78 is 5.35. The molecule has 0 aromatic heterocycles. The molecule has 1 aliphatic rings. The van der Waals surface area contributed by atoms with Gasteiger partial charge >= 0.3 is 0 Å². The number of benzene rings is 1. The van der Waals surface area contributed by atoms with E-state index in [0.29, 0.717) is 6.61 Å². The van der Waals surface area contributed by atoms with Gasteiger partial charge in [0, 0.05) is 5.69 Å². The molecule has 1 aromatic carbocycles. The minimum Gasteiger partial charge on any atom is -0.376 e. The number of rotatable bonds is 2. The zero-order valence-corrected chi connectivity index (χ0v) is 8.45. The van der Waals surface area contributed by atoms with E-state index in [1.165, 1.54) is 11.6 Å². The van der Waals surface area contributed by atoms with Crippen molar-refractivity contribution in [1.29, 1.82) is 0 Å². The fraction of sp³-hybridized carbons (Fsp3) is 0.250. The molecule has 1 amide bonds. The Labute approximate surface area is 88.8 Å². The first-order valence-corrected chi connectivity index (χ1v) is 4.92. The lowest BCUT2D eigenvalue weighted by Crippen LogP contribution is -2.12. The average Bonchev–Trinajstić information content (AvgIpc) is 2.29. The third-order valence-corrected chi connectivity index (χ3v) is 2.43. The van der Waals surface area contributed by atoms with E-state index in [1.807, 2.05) is 18.2 Å². The fourth-order valence-corrected chi connectivity index (χ4v) is 1.64. The third kappa shape index (κ3) is 2.25. The second-order valence-corrected chi connectivity index (χ2v) is 3.48. The van der Waals surface area contributed by atoms with Gasteiger partial charge in [-0.15, -0.1) is 0 Å². The molecule has 0 saturated carbocycles. The Morgan fingerprint density at radius 2 is 2.33 bits per heavy atom. The van der Waals surface area contributed by atoms with Crippen molar-refractivity contribution in [2.45, 2.75) is 13.0 Å². The normalized spacial score (nSPS) is 14.1. The zero-order chi connectivity index (χ0) is 10.7. The van der Waals surface area contributed by atoms with Gasteiger partial charge in [-0.05, 0) is 35.8 Å². The number of fused-ring (bicyclic) bond motifs is 1. The van der Waals surface area contributed by atoms with E-state index in [1.54, 1.807) is 0 Å². The molecule has 0 saturated heterocycles. The van der Waals surface area contributed by atoms with Gasteiger partial charge < -0.3 is 10.1 Å². The predicted molar refractivity (Wildman–Crippen MR) is 58.6 cm³/mol. The summed E-state index contributed by atoms with van der Waals surface area (Å²) in [6.07, 6.45) is 2.21. The van der Waals surface area contributed by atoms with Crippen LogP contribution in [0, 0.1) is 0 Å². The maximum absolute atomic E-state index is 11.1. The Balaban J connectivity index is 2.20. The first kappa shape index (κ1) is 9.93. The molecule has 1 aliphatic heterocycles. The van der Waals surface area contributed by atoms with Gasteiger partial charge in [0.25, 0.3) is 0 Å². The molecule has 2 rings (SSSR count). The van der Waals surface area contributed by atoms with E-state index in [0.717, 1.165) is 24.3 Å². The molecule has 0 spiro atoms. The van der Waals surface area contributed by atoms with Crippen molar-refractivity contribution >= 4 is 11.6 Å². The van der Waals surface area contributed by atoms with Crippen LogP contribution in [0.25, 0.3) is 0 Å². The Kier molecular flexibility index (Phi) is 2.83. The molecule has 1 N–H and O–H groups in total. The van der Waals surface area contributed by atoms with Crippen molar-refractivity contribution in [2.24, 2.45) is 0 Å². The Hall–Kier alpha value is -1.61. The molecule has 0 aliphatic carbocycles. The summed E-state index contributed by atoms with van der Waals surface area (Å²) >= 11 is 0. The van der Waals surface area contributed by atoms with E-state index in [4.69, 9.17) is 4.74 Å². The predicted octanol–water partition coefficient (Wildman–Crippen LogP) is 1.88. The highest BCUT2D eigenvalue weighted by atomic mass is 16.5. The largest absolute Gasteiger partial charge is 0.376 e. The van der Waals surface area contributed by atoms with Crippen LogP contribution >= 0.6 is 0 Å². The molecule has 3 nitrogen and oxygen atoms in total. The van der Waals surface area contributed by atoms with Gasteiger partial charge in [-0.25, -0.2) is 0 Å². The molecule has 3 heteroatoms. The van der Waals surface area contributed by atoms with Gasteiger partial charge in [0.05, 0.1) is 13.2 Å². The monoisotopic (exact) mass is 203 g/mol. The first-order chi connectivity index (χ1) is 7.29. The van der Waals surface area contributed by atoms with Crippen LogP contribution in [0.2, 0.25) is 0 Å². The van der Waals surface area contributed by atoms with Gasteiger partial charge in [-0.1, -0.05) is 12.6 Å². The quantitative estimate of drug-likeness (QED) is 0.745. The van der Waals surface area contributed by atoms with Crippen LogP contribution in [-0.4, -0.2) is 12.5 Å². The molecule has 1 aromatic rings. The number of carbonyl (C=O) groups is 1. The van der Waals surface area contributed by atoms with E-state index in [2.05, 4.69) is 11.9 Å². The van der Waals surface area contributed by atoms with Crippen molar-refractivity contribution < 1.29 is 9.53 Å². The smallest absolute Gasteiger partial charge is 0.247 e. The van der Waals surface area contributed by atoms with Crippen molar-refractivity contribution in [1.82, 2.24) is 0 Å². The van der Waals surface area contributed by atoms with Crippen molar-refractivity contribution in [3.8, 4) is 0 Å². The summed E-state index contributed by atoms with van der Waals surface area (Å²) in [7, 11) is 0. The van der Waals surface area contributed by atoms with Crippen LogP contribution in [0.15, 0.2) is 30.9 Å². The molecule has 0 radical (unpaired) electrons. The summed E-state index contributed by atoms with van der Waals surface area (Å²) in [5, 5.41) is 2.73. The maximum Gasteiger partial charge on any atom is 0.247 e. The van der Waals surface area contributed by atoms with E-state index in [-0.39, 0.29) is 5.91 Å². The second-order valence-electron chi connectivity index (χ2n) is 3.48. The Bertz CT molecular complexity index is 399. The highest BCUT2D eigenvalue weighted by Crippen LogP contribution is 2.20. The lowest BCUT2D eigenvalue weighted by molar-refractivity contribution is -0.111. The molecule has 0 unspecified atom stereocenters. The zero-order valence-electron chi connectivity index (χ0n) is 8.45. The topological polar surface area (TPSA) is 38.3 Å². The van der Waals surface area contributed by atoms with Crippen molar-refractivity contribution in [3.63, 3.8) is 0 Å². The fourth-order valence-electron chi connectivity index (χ4n) is 1.64. The van der Waals surface area contributed by atoms with E-state index < -0.39 is 0 Å². The van der Waals surface area contributed by atoms with Crippen LogP contribution in [-0.2, 0) is 22.6 Å². The minimum atomic E-state index is -0.188. The number of hydrogen-bond donors (Lipinski definition) is 1. The van der Waals surface area contributed by atoms with Gasteiger partial charge in [-0.3, -0.25) is 4.79 Å². The number of carbonyl (C=O) groups excluding carboxylic acids is 1. The lowest BCUT2D eigenvalue weighted by Gasteiger charge is -2.17. The number of hydrogen-bond acceptors (Lipinski definition) is 2. The summed E-state index contributed by atoms with van der Waals surface area (Å²) in [5.74, 6) is -0.188. The summed E-state index contributed by atoms with van der Waals surface area (Å²) in [6, 6.07) is 5.90. The molecule has 0 fully saturated rings. The summed E-state index contributed by atoms with van der Waals surface area (Å²) in [4.78, 5) is 11.1. The van der Waals surface area contributed by atoms with Crippen LogP contribution in [0.3, 0.4) is 0 Å². The van der Waals surface area contributed by atoms with Gasteiger partial charge in [0.15, 0.2) is 0 Å². The number of ether oxygens (including phenoxy) is 1. The van der Waals surface area contributed by atoms with E-state index >= 15 is 0 Å². The minimum absolute atomic E-state index is 0.188. The number of anilines is 1. The van der Waals surface area contributed by atoms with Crippen LogP contribution in [0.4, 0.5) is 5.69 Å². The summed E-state index contributed by atoms with van der Waals surface area (Å²) in [6.45, 7) is 4.82. The third-order valence-electron chi connectivity index (χ3n) is 2.43. The molecule has 1 heterocycles. The molecule has 15 heavy (non-hydrogen) atoms. The molecule has 0 atom stereocenters. The highest BCUT2D eigenvalue weighted by Gasteiger charge is 2.09. The number of nitrogens with one attached hydrogen (secondary N) is 1. The van der Waals surface area contributed by atoms with Crippen LogP contribution < -0.4 is 5.32 Å². The standard InChI is InChI=1S/C12H13NO2/c1-2-12(14)13-11-4-3-9-5-6-15-8-10(9)7-11/h2-4,7H,1,5-6,8H2,(H,13,14). The lowest BCUT2D eigenvalue weighted by atomic mass is 10.0. The molecular formula is C12H13NO2. The van der Waals surface area contributed by atoms with Crippen LogP contribution in [0.5, 0.6) is 0 Å². The molecule has 0 bridgehead atoms. The first-order valence-electron chi connectivity index (χ1n) is 4.92. The average molecular weight is 203 g/mol. The Morgan fingerprint density at radius 1 is 1.47 bits per heavy atom. The second kappa shape index (κ2) is 4.28. The number of amides is 1. The molecular weight excluding hydrogens is 190 g/mol. The SMILES string of the molecule is C=CC(=O)Nc1ccc2c(c1)COCC2.